The highest BCUT2D eigenvalue weighted by Gasteiger charge is 1.85. The Morgan fingerprint density at radius 3 is 2.43 bits per heavy atom. The first-order valence-corrected chi connectivity index (χ1v) is 4.68. The highest BCUT2D eigenvalue weighted by Crippen LogP contribution is 2.01. The van der Waals surface area contributed by atoms with Crippen molar-refractivity contribution in [2.24, 2.45) is 0 Å². The van der Waals surface area contributed by atoms with Crippen molar-refractivity contribution in [3.05, 3.63) is 35.8 Å². The first kappa shape index (κ1) is 12.8. The molecule has 0 aromatic carbocycles. The largest absolute Gasteiger partial charge is 0.545 e. The summed E-state index contributed by atoms with van der Waals surface area (Å²) in [4.78, 5) is 9.62. The summed E-state index contributed by atoms with van der Waals surface area (Å²) in [6, 6.07) is 3.75. The number of carbonyl (C=O) groups excluding carboxylic acids is 1. The monoisotopic (exact) mass is 213 g/mol. The Hall–Kier alpha value is -1.16. The van der Waals surface area contributed by atoms with E-state index >= 15 is 0 Å². The van der Waals surface area contributed by atoms with Crippen LogP contribution in [0.15, 0.2) is 34.5 Å². The molecule has 1 rings (SSSR count). The molecule has 0 saturated carbocycles. The lowest BCUT2D eigenvalue weighted by Crippen LogP contribution is -2.19. The Bertz CT molecular complexity index is 284. The van der Waals surface area contributed by atoms with Gasteiger partial charge in [0.25, 0.3) is 0 Å². The standard InChI is InChI=1S/C5H8O2.C5H6OS/c1-4(2)3-5(6)7;7-4-5-2-1-3-6-5/h3H,1-2H3,(H,6,7);1-3,7H,4H2/p-1. The molecule has 4 heteroatoms. The van der Waals surface area contributed by atoms with Crippen LogP contribution in [0, 0.1) is 0 Å². The predicted octanol–water partition coefficient (Wildman–Crippen LogP) is 1.41. The van der Waals surface area contributed by atoms with Gasteiger partial charge in [-0.05, 0) is 32.1 Å². The van der Waals surface area contributed by atoms with Crippen LogP contribution in [-0.2, 0) is 10.5 Å². The van der Waals surface area contributed by atoms with E-state index in [-0.39, 0.29) is 0 Å². The molecule has 0 saturated heterocycles. The van der Waals surface area contributed by atoms with E-state index in [2.05, 4.69) is 12.6 Å². The smallest absolute Gasteiger partial charge is 0.113 e. The molecule has 1 heterocycles. The first-order chi connectivity index (χ1) is 6.56. The van der Waals surface area contributed by atoms with Crippen LogP contribution in [0.5, 0.6) is 0 Å². The zero-order chi connectivity index (χ0) is 11.0. The number of carboxylic acids is 1. The van der Waals surface area contributed by atoms with Gasteiger partial charge in [0.15, 0.2) is 0 Å². The molecule has 3 nitrogen and oxygen atoms in total. The third-order valence-electron chi connectivity index (χ3n) is 1.14. The van der Waals surface area contributed by atoms with Crippen molar-refractivity contribution in [3.63, 3.8) is 0 Å². The summed E-state index contributed by atoms with van der Waals surface area (Å²) in [7, 11) is 0. The minimum Gasteiger partial charge on any atom is -0.545 e. The van der Waals surface area contributed by atoms with Gasteiger partial charge in [0.05, 0.1) is 12.2 Å². The maximum absolute atomic E-state index is 9.62. The molecule has 1 aromatic rings. The third-order valence-corrected chi connectivity index (χ3v) is 1.45. The summed E-state index contributed by atoms with van der Waals surface area (Å²) in [5.41, 5.74) is 0.750. The van der Waals surface area contributed by atoms with Crippen LogP contribution in [-0.4, -0.2) is 5.97 Å². The van der Waals surface area contributed by atoms with Crippen LogP contribution in [0.2, 0.25) is 0 Å². The summed E-state index contributed by atoms with van der Waals surface area (Å²) in [5.74, 6) is 0.482. The van der Waals surface area contributed by atoms with Gasteiger partial charge in [0, 0.05) is 5.75 Å². The quantitative estimate of drug-likeness (QED) is 0.597. The lowest BCUT2D eigenvalue weighted by molar-refractivity contribution is -0.297. The Morgan fingerprint density at radius 1 is 1.64 bits per heavy atom. The number of allylic oxidation sites excluding steroid dienone is 1. The van der Waals surface area contributed by atoms with Crippen LogP contribution in [0.25, 0.3) is 0 Å². The topological polar surface area (TPSA) is 53.3 Å². The molecule has 0 aliphatic heterocycles. The van der Waals surface area contributed by atoms with Crippen LogP contribution in [0.1, 0.15) is 19.6 Å². The molecule has 0 aliphatic rings. The fraction of sp³-hybridized carbons (Fsp3) is 0.300. The summed E-state index contributed by atoms with van der Waals surface area (Å²) >= 11 is 3.98. The molecule has 0 amide bonds. The van der Waals surface area contributed by atoms with Gasteiger partial charge in [-0.1, -0.05) is 5.57 Å². The predicted molar refractivity (Wildman–Crippen MR) is 55.8 cm³/mol. The average molecular weight is 213 g/mol. The van der Waals surface area contributed by atoms with Gasteiger partial charge >= 0.3 is 0 Å². The molecular weight excluding hydrogens is 200 g/mol. The zero-order valence-corrected chi connectivity index (χ0v) is 9.08. The fourth-order valence-corrected chi connectivity index (χ4v) is 0.818. The molecule has 0 unspecified atom stereocenters. The van der Waals surface area contributed by atoms with Gasteiger partial charge in [-0.25, -0.2) is 0 Å². The number of aliphatic carboxylic acids is 1. The van der Waals surface area contributed by atoms with E-state index in [0.29, 0.717) is 5.75 Å². The summed E-state index contributed by atoms with van der Waals surface area (Å²) in [5, 5.41) is 9.62. The van der Waals surface area contributed by atoms with Crippen LogP contribution < -0.4 is 5.11 Å². The average Bonchev–Trinajstić information content (AvgIpc) is 2.53. The van der Waals surface area contributed by atoms with E-state index < -0.39 is 5.97 Å². The molecular formula is C10H13O3S-. The first-order valence-electron chi connectivity index (χ1n) is 4.05. The molecule has 0 fully saturated rings. The minimum absolute atomic E-state index is 0.688. The molecule has 1 aromatic heterocycles. The number of hydrogen-bond donors (Lipinski definition) is 1. The Kier molecular flexibility index (Phi) is 6.66. The van der Waals surface area contributed by atoms with Crippen molar-refractivity contribution < 1.29 is 14.3 Å². The molecule has 78 valence electrons. The van der Waals surface area contributed by atoms with Crippen molar-refractivity contribution in [3.8, 4) is 0 Å². The van der Waals surface area contributed by atoms with Gasteiger partial charge in [-0.3, -0.25) is 0 Å². The van der Waals surface area contributed by atoms with E-state index in [0.717, 1.165) is 17.4 Å². The molecule has 14 heavy (non-hydrogen) atoms. The van der Waals surface area contributed by atoms with Crippen molar-refractivity contribution in [2.45, 2.75) is 19.6 Å². The summed E-state index contributed by atoms with van der Waals surface area (Å²) in [6.07, 6.45) is 2.70. The lowest BCUT2D eigenvalue weighted by atomic mass is 10.3. The van der Waals surface area contributed by atoms with Crippen LogP contribution in [0.4, 0.5) is 0 Å². The number of rotatable bonds is 2. The van der Waals surface area contributed by atoms with Gasteiger partial charge in [0.2, 0.25) is 0 Å². The van der Waals surface area contributed by atoms with E-state index in [1.54, 1.807) is 20.1 Å². The van der Waals surface area contributed by atoms with Crippen LogP contribution in [0.3, 0.4) is 0 Å². The Labute approximate surface area is 88.8 Å². The van der Waals surface area contributed by atoms with E-state index in [9.17, 15) is 9.90 Å². The molecule has 0 aliphatic carbocycles. The van der Waals surface area contributed by atoms with Crippen LogP contribution >= 0.6 is 12.6 Å². The van der Waals surface area contributed by atoms with Gasteiger partial charge in [-0.15, -0.1) is 0 Å². The molecule has 0 N–H and O–H groups in total. The summed E-state index contributed by atoms with van der Waals surface area (Å²) < 4.78 is 4.91. The molecule has 0 radical (unpaired) electrons. The maximum atomic E-state index is 9.62. The van der Waals surface area contributed by atoms with Gasteiger partial charge < -0.3 is 14.3 Å². The minimum atomic E-state index is -1.12. The maximum Gasteiger partial charge on any atom is 0.113 e. The Balaban J connectivity index is 0.000000241. The number of hydrogen-bond acceptors (Lipinski definition) is 4. The van der Waals surface area contributed by atoms with Gasteiger partial charge in [-0.2, -0.15) is 12.6 Å². The number of thiol groups is 1. The van der Waals surface area contributed by atoms with E-state index in [1.165, 1.54) is 0 Å². The number of carbonyl (C=O) groups is 1. The second-order valence-electron chi connectivity index (χ2n) is 2.78. The third kappa shape index (κ3) is 7.49. The van der Waals surface area contributed by atoms with Gasteiger partial charge in [0.1, 0.15) is 5.76 Å². The SMILES string of the molecule is CC(C)=CC(=O)[O-].SCc1ccco1. The molecule has 0 spiro atoms. The lowest BCUT2D eigenvalue weighted by Gasteiger charge is -1.89. The van der Waals surface area contributed by atoms with Crippen molar-refractivity contribution in [1.82, 2.24) is 0 Å². The fourth-order valence-electron chi connectivity index (χ4n) is 0.638. The van der Waals surface area contributed by atoms with Crippen molar-refractivity contribution in [1.29, 1.82) is 0 Å². The molecule has 0 bridgehead atoms. The van der Waals surface area contributed by atoms with Crippen molar-refractivity contribution in [2.75, 3.05) is 0 Å². The number of furan rings is 1. The Morgan fingerprint density at radius 2 is 2.29 bits per heavy atom. The number of carboxylic acid groups (broad SMARTS) is 1. The summed E-state index contributed by atoms with van der Waals surface area (Å²) in [6.45, 7) is 3.41. The second-order valence-corrected chi connectivity index (χ2v) is 3.09. The van der Waals surface area contributed by atoms with E-state index in [1.807, 2.05) is 12.1 Å². The normalized spacial score (nSPS) is 8.50. The zero-order valence-electron chi connectivity index (χ0n) is 8.19. The van der Waals surface area contributed by atoms with E-state index in [4.69, 9.17) is 4.42 Å². The van der Waals surface area contributed by atoms with Crippen molar-refractivity contribution >= 4 is 18.6 Å². The highest BCUT2D eigenvalue weighted by atomic mass is 32.1. The highest BCUT2D eigenvalue weighted by molar-refractivity contribution is 7.79. The molecule has 0 atom stereocenters. The second kappa shape index (κ2) is 7.26.